The van der Waals surface area contributed by atoms with Crippen LogP contribution in [0.15, 0.2) is 41.3 Å². The maximum Gasteiger partial charge on any atom is 0.490 e. The number of piperazine rings is 1. The maximum absolute atomic E-state index is 13.2. The zero-order chi connectivity index (χ0) is 28.7. The normalized spacial score (nSPS) is 14.7. The highest BCUT2D eigenvalue weighted by Gasteiger charge is 2.38. The average Bonchev–Trinajstić information content (AvgIpc) is 2.85. The van der Waals surface area contributed by atoms with E-state index in [9.17, 15) is 26.4 Å². The van der Waals surface area contributed by atoms with Crippen LogP contribution in [-0.4, -0.2) is 63.8 Å². The van der Waals surface area contributed by atoms with Crippen LogP contribution < -0.4 is 20.3 Å². The largest absolute Gasteiger partial charge is 0.490 e. The van der Waals surface area contributed by atoms with E-state index in [1.807, 2.05) is 33.8 Å². The summed E-state index contributed by atoms with van der Waals surface area (Å²) in [5, 5.41) is 13.4. The molecule has 4 N–H and O–H groups in total. The fourth-order valence-corrected chi connectivity index (χ4v) is 4.58. The van der Waals surface area contributed by atoms with Crippen LogP contribution >= 0.6 is 0 Å². The first kappa shape index (κ1) is 30.9. The molecule has 0 bridgehead atoms. The smallest absolute Gasteiger partial charge is 0.475 e. The number of alkyl halides is 3. The number of rotatable bonds is 7. The third-order valence-electron chi connectivity index (χ3n) is 5.98. The van der Waals surface area contributed by atoms with Crippen molar-refractivity contribution in [2.24, 2.45) is 0 Å². The summed E-state index contributed by atoms with van der Waals surface area (Å²) >= 11 is 0. The molecule has 1 aliphatic rings. The van der Waals surface area contributed by atoms with Gasteiger partial charge < -0.3 is 20.6 Å². The average molecular weight is 559 g/mol. The number of sulfonamides is 1. The molecule has 1 aliphatic heterocycles. The third kappa shape index (κ3) is 8.62. The van der Waals surface area contributed by atoms with E-state index in [0.717, 1.165) is 49.4 Å². The van der Waals surface area contributed by atoms with Gasteiger partial charge in [0, 0.05) is 37.8 Å². The first-order valence-electron chi connectivity index (χ1n) is 12.0. The van der Waals surface area contributed by atoms with Gasteiger partial charge in [-0.15, -0.1) is 0 Å². The van der Waals surface area contributed by atoms with Crippen molar-refractivity contribution >= 4 is 33.3 Å². The van der Waals surface area contributed by atoms with Crippen molar-refractivity contribution in [1.29, 1.82) is 0 Å². The Balaban J connectivity index is 0.000000638. The van der Waals surface area contributed by atoms with Gasteiger partial charge in [0.25, 0.3) is 15.9 Å². The Morgan fingerprint density at radius 1 is 1.08 bits per heavy atom. The van der Waals surface area contributed by atoms with Gasteiger partial charge in [0.1, 0.15) is 0 Å². The zero-order valence-corrected chi connectivity index (χ0v) is 22.5. The number of carboxylic acids is 1. The number of carbonyl (C=O) groups is 2. The highest BCUT2D eigenvalue weighted by atomic mass is 32.2. The van der Waals surface area contributed by atoms with Crippen LogP contribution in [0.3, 0.4) is 0 Å². The molecule has 9 nitrogen and oxygen atoms in total. The molecule has 0 spiro atoms. The Bertz CT molecular complexity index is 1250. The first-order valence-corrected chi connectivity index (χ1v) is 13.4. The second-order valence-electron chi connectivity index (χ2n) is 8.91. The number of hydrogen-bond donors (Lipinski definition) is 4. The minimum atomic E-state index is -5.08. The van der Waals surface area contributed by atoms with Gasteiger partial charge in [-0.2, -0.15) is 13.2 Å². The highest BCUT2D eigenvalue weighted by molar-refractivity contribution is 7.92. The Labute approximate surface area is 220 Å². The molecule has 13 heteroatoms. The number of carbonyl (C=O) groups excluding carboxylic acids is 1. The molecule has 3 rings (SSSR count). The Hall–Kier alpha value is -3.32. The number of aliphatic carboxylic acids is 1. The predicted octanol–water partition coefficient (Wildman–Crippen LogP) is 3.68. The van der Waals surface area contributed by atoms with Gasteiger partial charge in [0.2, 0.25) is 0 Å². The van der Waals surface area contributed by atoms with Crippen molar-refractivity contribution in [1.82, 2.24) is 10.6 Å². The summed E-state index contributed by atoms with van der Waals surface area (Å²) in [5.74, 6) is -2.97. The molecule has 1 unspecified atom stereocenters. The van der Waals surface area contributed by atoms with Crippen LogP contribution in [-0.2, 0) is 14.8 Å². The van der Waals surface area contributed by atoms with Crippen LogP contribution in [0.5, 0.6) is 0 Å². The topological polar surface area (TPSA) is 128 Å². The summed E-state index contributed by atoms with van der Waals surface area (Å²) in [6.45, 7) is 10.9. The minimum absolute atomic E-state index is 0.0380. The summed E-state index contributed by atoms with van der Waals surface area (Å²) in [5.41, 5.74) is 3.55. The quantitative estimate of drug-likeness (QED) is 0.408. The molecule has 38 heavy (non-hydrogen) atoms. The zero-order valence-electron chi connectivity index (χ0n) is 21.6. The molecule has 1 atom stereocenters. The van der Waals surface area contributed by atoms with Crippen molar-refractivity contribution < 1.29 is 36.3 Å². The molecule has 2 aromatic carbocycles. The number of anilines is 2. The van der Waals surface area contributed by atoms with Crippen molar-refractivity contribution in [3.63, 3.8) is 0 Å². The highest BCUT2D eigenvalue weighted by Crippen LogP contribution is 2.30. The van der Waals surface area contributed by atoms with Crippen LogP contribution in [0, 0.1) is 13.8 Å². The van der Waals surface area contributed by atoms with Gasteiger partial charge in [0.15, 0.2) is 0 Å². The summed E-state index contributed by atoms with van der Waals surface area (Å²) in [6.07, 6.45) is -4.27. The molecule has 0 radical (unpaired) electrons. The molecule has 2 aromatic rings. The molecule has 1 fully saturated rings. The van der Waals surface area contributed by atoms with Crippen LogP contribution in [0.4, 0.5) is 24.5 Å². The molecule has 0 aliphatic carbocycles. The molecule has 0 saturated carbocycles. The van der Waals surface area contributed by atoms with Crippen molar-refractivity contribution in [2.45, 2.75) is 51.2 Å². The van der Waals surface area contributed by atoms with Gasteiger partial charge in [-0.3, -0.25) is 9.52 Å². The minimum Gasteiger partial charge on any atom is -0.475 e. The maximum atomic E-state index is 13.2. The molecule has 1 amide bonds. The fourth-order valence-electron chi connectivity index (χ4n) is 3.43. The predicted molar refractivity (Wildman–Crippen MR) is 139 cm³/mol. The standard InChI is InChI=1S/C23H32N4O3S.C2HF3O2/c1-5-18(4)25-23(28)19-7-9-22(27-12-10-24-11-13-27)21(15-19)26-31(29,30)20-8-6-16(2)17(3)14-20;3-2(4,5)1(6)7/h6-9,14-15,18,24,26H,5,10-13H2,1-4H3,(H,25,28);(H,6,7). The second kappa shape index (κ2) is 13.0. The van der Waals surface area contributed by atoms with E-state index < -0.39 is 22.2 Å². The lowest BCUT2D eigenvalue weighted by Crippen LogP contribution is -2.43. The van der Waals surface area contributed by atoms with Crippen LogP contribution in [0.2, 0.25) is 0 Å². The number of hydrogen-bond acceptors (Lipinski definition) is 6. The Morgan fingerprint density at radius 3 is 2.21 bits per heavy atom. The summed E-state index contributed by atoms with van der Waals surface area (Å²) in [4.78, 5) is 23.9. The summed E-state index contributed by atoms with van der Waals surface area (Å²) in [7, 11) is -3.81. The lowest BCUT2D eigenvalue weighted by molar-refractivity contribution is -0.192. The lowest BCUT2D eigenvalue weighted by atomic mass is 10.1. The van der Waals surface area contributed by atoms with Gasteiger partial charge in [-0.1, -0.05) is 13.0 Å². The number of aryl methyl sites for hydroxylation is 2. The van der Waals surface area contributed by atoms with Crippen molar-refractivity contribution in [3.05, 3.63) is 53.1 Å². The third-order valence-corrected chi connectivity index (χ3v) is 7.34. The van der Waals surface area contributed by atoms with Gasteiger partial charge >= 0.3 is 12.1 Å². The first-order chi connectivity index (χ1) is 17.7. The number of benzene rings is 2. The van der Waals surface area contributed by atoms with E-state index in [0.29, 0.717) is 11.3 Å². The number of amides is 1. The number of halogens is 3. The Morgan fingerprint density at radius 2 is 1.68 bits per heavy atom. The summed E-state index contributed by atoms with van der Waals surface area (Å²) in [6, 6.07) is 10.3. The monoisotopic (exact) mass is 558 g/mol. The molecule has 0 aromatic heterocycles. The van der Waals surface area contributed by atoms with Crippen LogP contribution in [0.1, 0.15) is 41.8 Å². The molecule has 210 valence electrons. The SMILES string of the molecule is CCC(C)NC(=O)c1ccc(N2CCNCC2)c(NS(=O)(=O)c2ccc(C)c(C)c2)c1.O=C(O)C(F)(F)F. The number of nitrogens with one attached hydrogen (secondary N) is 3. The molecule has 1 saturated heterocycles. The molecule has 1 heterocycles. The number of carboxylic acid groups (broad SMARTS) is 1. The van der Waals surface area contributed by atoms with Crippen LogP contribution in [0.25, 0.3) is 0 Å². The molecular weight excluding hydrogens is 525 g/mol. The van der Waals surface area contributed by atoms with Crippen molar-refractivity contribution in [3.8, 4) is 0 Å². The Kier molecular flexibility index (Phi) is 10.5. The number of nitrogens with zero attached hydrogens (tertiary/aromatic N) is 1. The lowest BCUT2D eigenvalue weighted by Gasteiger charge is -2.31. The van der Waals surface area contributed by atoms with E-state index in [4.69, 9.17) is 9.90 Å². The van der Waals surface area contributed by atoms with Gasteiger partial charge in [0.05, 0.1) is 16.3 Å². The fraction of sp³-hybridized carbons (Fsp3) is 0.440. The summed E-state index contributed by atoms with van der Waals surface area (Å²) < 4.78 is 60.8. The van der Waals surface area contributed by atoms with E-state index in [2.05, 4.69) is 20.3 Å². The van der Waals surface area contributed by atoms with E-state index >= 15 is 0 Å². The molecular formula is C25H33F3N4O5S. The van der Waals surface area contributed by atoms with Gasteiger partial charge in [-0.05, 0) is 68.7 Å². The van der Waals surface area contributed by atoms with E-state index in [1.165, 1.54) is 0 Å². The van der Waals surface area contributed by atoms with Crippen molar-refractivity contribution in [2.75, 3.05) is 35.8 Å². The van der Waals surface area contributed by atoms with Gasteiger partial charge in [-0.25, -0.2) is 13.2 Å². The van der Waals surface area contributed by atoms with E-state index in [-0.39, 0.29) is 16.8 Å². The second-order valence-corrected chi connectivity index (χ2v) is 10.6. The van der Waals surface area contributed by atoms with E-state index in [1.54, 1.807) is 30.3 Å².